The molecular formula is C21H23N3O4S. The van der Waals surface area contributed by atoms with Gasteiger partial charge in [-0.25, -0.2) is 0 Å². The van der Waals surface area contributed by atoms with Gasteiger partial charge in [0.25, 0.3) is 5.91 Å². The average Bonchev–Trinajstić information content (AvgIpc) is 2.70. The molecule has 1 aromatic heterocycles. The molecule has 0 aliphatic heterocycles. The first-order valence-electron chi connectivity index (χ1n) is 9.22. The summed E-state index contributed by atoms with van der Waals surface area (Å²) in [6.45, 7) is 5.26. The van der Waals surface area contributed by atoms with Crippen molar-refractivity contribution in [2.75, 3.05) is 17.7 Å². The summed E-state index contributed by atoms with van der Waals surface area (Å²) < 4.78 is 5.03. The zero-order valence-electron chi connectivity index (χ0n) is 16.6. The second kappa shape index (κ2) is 10.5. The van der Waals surface area contributed by atoms with Gasteiger partial charge in [0.2, 0.25) is 5.56 Å². The second-order valence-corrected chi connectivity index (χ2v) is 7.27. The quantitative estimate of drug-likeness (QED) is 0.508. The van der Waals surface area contributed by atoms with Crippen LogP contribution in [0.4, 0.5) is 5.69 Å². The number of rotatable bonds is 8. The van der Waals surface area contributed by atoms with Crippen LogP contribution in [0.25, 0.3) is 0 Å². The van der Waals surface area contributed by atoms with Crippen molar-refractivity contribution >= 4 is 29.3 Å². The molecule has 1 heterocycles. The monoisotopic (exact) mass is 413 g/mol. The van der Waals surface area contributed by atoms with Gasteiger partial charge in [-0.05, 0) is 36.5 Å². The topological polar surface area (TPSA) is 112 Å². The van der Waals surface area contributed by atoms with E-state index in [1.54, 1.807) is 6.92 Å². The summed E-state index contributed by atoms with van der Waals surface area (Å²) in [6.07, 6.45) is 1.55. The van der Waals surface area contributed by atoms with Gasteiger partial charge in [0.15, 0.2) is 6.61 Å². The van der Waals surface area contributed by atoms with E-state index >= 15 is 0 Å². The molecule has 0 saturated carbocycles. The minimum absolute atomic E-state index is 0.132. The number of carbonyl (C=O) groups excluding carboxylic acids is 2. The highest BCUT2D eigenvalue weighted by Crippen LogP contribution is 2.23. The first-order chi connectivity index (χ1) is 13.9. The summed E-state index contributed by atoms with van der Waals surface area (Å²) in [5, 5.41) is 12.3. The van der Waals surface area contributed by atoms with Crippen LogP contribution in [0.15, 0.2) is 34.1 Å². The van der Waals surface area contributed by atoms with E-state index in [9.17, 15) is 19.6 Å². The van der Waals surface area contributed by atoms with E-state index in [0.717, 1.165) is 41.4 Å². The molecule has 0 fully saturated rings. The molecular weight excluding hydrogens is 390 g/mol. The number of thioether (sulfide) groups is 1. The van der Waals surface area contributed by atoms with Crippen LogP contribution in [-0.2, 0) is 27.2 Å². The summed E-state index contributed by atoms with van der Waals surface area (Å²) in [4.78, 5) is 38.3. The zero-order valence-corrected chi connectivity index (χ0v) is 17.4. The number of nitrogens with one attached hydrogen (secondary N) is 2. The molecule has 0 atom stereocenters. The Labute approximate surface area is 173 Å². The van der Waals surface area contributed by atoms with Crippen LogP contribution in [0.3, 0.4) is 0 Å². The van der Waals surface area contributed by atoms with Crippen LogP contribution in [0, 0.1) is 18.3 Å². The largest absolute Gasteiger partial charge is 0.455 e. The molecule has 0 spiro atoms. The number of esters is 1. The SMILES string of the molecule is CCc1cccc(CC)c1NC(=O)COC(=O)CSc1[nH]c(=O)cc(C)c1C#N. The van der Waals surface area contributed by atoms with Crippen LogP contribution in [-0.4, -0.2) is 29.2 Å². The van der Waals surface area contributed by atoms with Gasteiger partial charge in [0.05, 0.1) is 16.3 Å². The normalized spacial score (nSPS) is 10.3. The Morgan fingerprint density at radius 2 is 1.90 bits per heavy atom. The molecule has 0 bridgehead atoms. The fourth-order valence-corrected chi connectivity index (χ4v) is 3.67. The predicted octanol–water partition coefficient (Wildman–Crippen LogP) is 2.95. The highest BCUT2D eigenvalue weighted by molar-refractivity contribution is 7.99. The minimum atomic E-state index is -0.615. The number of hydrogen-bond donors (Lipinski definition) is 2. The fraction of sp³-hybridized carbons (Fsp3) is 0.333. The van der Waals surface area contributed by atoms with Gasteiger partial charge in [0.1, 0.15) is 6.07 Å². The molecule has 2 aromatic rings. The lowest BCUT2D eigenvalue weighted by atomic mass is 10.0. The Morgan fingerprint density at radius 1 is 1.24 bits per heavy atom. The van der Waals surface area contributed by atoms with Crippen LogP contribution in [0.5, 0.6) is 0 Å². The number of hydrogen-bond acceptors (Lipinski definition) is 6. The lowest BCUT2D eigenvalue weighted by Crippen LogP contribution is -2.23. The van der Waals surface area contributed by atoms with E-state index < -0.39 is 18.5 Å². The number of aromatic amines is 1. The average molecular weight is 413 g/mol. The van der Waals surface area contributed by atoms with Crippen molar-refractivity contribution in [1.82, 2.24) is 4.98 Å². The van der Waals surface area contributed by atoms with Crippen molar-refractivity contribution in [3.05, 3.63) is 56.9 Å². The second-order valence-electron chi connectivity index (χ2n) is 6.29. The van der Waals surface area contributed by atoms with Gasteiger partial charge in [-0.1, -0.05) is 43.8 Å². The highest BCUT2D eigenvalue weighted by Gasteiger charge is 2.14. The number of anilines is 1. The first-order valence-corrected chi connectivity index (χ1v) is 10.2. The summed E-state index contributed by atoms with van der Waals surface area (Å²) >= 11 is 0.992. The molecule has 0 radical (unpaired) electrons. The van der Waals surface area contributed by atoms with Gasteiger partial charge in [0, 0.05) is 11.8 Å². The predicted molar refractivity (Wildman–Crippen MR) is 112 cm³/mol. The highest BCUT2D eigenvalue weighted by atomic mass is 32.2. The summed E-state index contributed by atoms with van der Waals surface area (Å²) in [6, 6.07) is 9.19. The Kier molecular flexibility index (Phi) is 8.04. The van der Waals surface area contributed by atoms with Crippen molar-refractivity contribution in [1.29, 1.82) is 5.26 Å². The van der Waals surface area contributed by atoms with Crippen molar-refractivity contribution in [2.45, 2.75) is 38.6 Å². The van der Waals surface area contributed by atoms with Crippen LogP contribution >= 0.6 is 11.8 Å². The molecule has 29 heavy (non-hydrogen) atoms. The number of aryl methyl sites for hydroxylation is 3. The Bertz CT molecular complexity index is 986. The zero-order chi connectivity index (χ0) is 21.4. The lowest BCUT2D eigenvalue weighted by molar-refractivity contribution is -0.144. The van der Waals surface area contributed by atoms with Gasteiger partial charge < -0.3 is 15.0 Å². The number of carbonyl (C=O) groups is 2. The summed E-state index contributed by atoms with van der Waals surface area (Å²) in [7, 11) is 0. The Balaban J connectivity index is 1.93. The molecule has 2 N–H and O–H groups in total. The molecule has 2 rings (SSSR count). The maximum atomic E-state index is 12.2. The van der Waals surface area contributed by atoms with Gasteiger partial charge in [-0.15, -0.1) is 0 Å². The number of para-hydroxylation sites is 1. The van der Waals surface area contributed by atoms with Gasteiger partial charge in [-0.2, -0.15) is 5.26 Å². The van der Waals surface area contributed by atoms with E-state index in [0.29, 0.717) is 16.2 Å². The Morgan fingerprint density at radius 3 is 2.48 bits per heavy atom. The first kappa shape index (κ1) is 22.2. The van der Waals surface area contributed by atoms with E-state index in [1.165, 1.54) is 6.07 Å². The van der Waals surface area contributed by atoms with E-state index in [2.05, 4.69) is 10.3 Å². The van der Waals surface area contributed by atoms with Crippen molar-refractivity contribution in [3.8, 4) is 6.07 Å². The van der Waals surface area contributed by atoms with Crippen molar-refractivity contribution in [2.24, 2.45) is 0 Å². The van der Waals surface area contributed by atoms with E-state index in [1.807, 2.05) is 38.1 Å². The maximum absolute atomic E-state index is 12.2. The molecule has 1 amide bonds. The van der Waals surface area contributed by atoms with E-state index in [4.69, 9.17) is 4.74 Å². The molecule has 1 aromatic carbocycles. The summed E-state index contributed by atoms with van der Waals surface area (Å²) in [5.41, 5.74) is 3.30. The lowest BCUT2D eigenvalue weighted by Gasteiger charge is -2.14. The van der Waals surface area contributed by atoms with Crippen molar-refractivity contribution < 1.29 is 14.3 Å². The van der Waals surface area contributed by atoms with E-state index in [-0.39, 0.29) is 11.3 Å². The van der Waals surface area contributed by atoms with Crippen LogP contribution in [0.1, 0.15) is 36.1 Å². The number of benzene rings is 1. The molecule has 0 saturated heterocycles. The third-order valence-corrected chi connectivity index (χ3v) is 5.25. The smallest absolute Gasteiger partial charge is 0.316 e. The van der Waals surface area contributed by atoms with Crippen LogP contribution in [0.2, 0.25) is 0 Å². The number of nitriles is 1. The number of amides is 1. The molecule has 0 aliphatic rings. The molecule has 152 valence electrons. The third kappa shape index (κ3) is 5.96. The van der Waals surface area contributed by atoms with Gasteiger partial charge in [-0.3, -0.25) is 14.4 Å². The maximum Gasteiger partial charge on any atom is 0.316 e. The number of nitrogens with zero attached hydrogens (tertiary/aromatic N) is 1. The standard InChI is InChI=1S/C21H23N3O4S/c1-4-14-7-6-8-15(5-2)20(14)23-18(26)11-28-19(27)12-29-21-16(10-22)13(3)9-17(25)24-21/h6-9H,4-5,11-12H2,1-3H3,(H,23,26)(H,24,25). The third-order valence-electron chi connectivity index (χ3n) is 4.28. The number of H-pyrrole nitrogens is 1. The van der Waals surface area contributed by atoms with Crippen LogP contribution < -0.4 is 10.9 Å². The molecule has 0 unspecified atom stereocenters. The van der Waals surface area contributed by atoms with Gasteiger partial charge >= 0.3 is 5.97 Å². The molecule has 0 aliphatic carbocycles. The number of pyridine rings is 1. The number of aromatic nitrogens is 1. The van der Waals surface area contributed by atoms with Crippen molar-refractivity contribution in [3.63, 3.8) is 0 Å². The molecule has 8 heteroatoms. The number of ether oxygens (including phenoxy) is 1. The fourth-order valence-electron chi connectivity index (χ4n) is 2.80. The molecule has 7 nitrogen and oxygen atoms in total. The minimum Gasteiger partial charge on any atom is -0.455 e. The summed E-state index contributed by atoms with van der Waals surface area (Å²) in [5.74, 6) is -1.16. The Hall–Kier alpha value is -3.05.